The van der Waals surface area contributed by atoms with Gasteiger partial charge < -0.3 is 15.0 Å². The highest BCUT2D eigenvalue weighted by Crippen LogP contribution is 2.42. The number of carbonyl (C=O) groups is 1. The van der Waals surface area contributed by atoms with Gasteiger partial charge in [-0.25, -0.2) is 4.98 Å². The van der Waals surface area contributed by atoms with Crippen molar-refractivity contribution >= 4 is 17.7 Å². The standard InChI is InChI=1S/C13H19N3O3S/c1-3-19-11(18)13(14-2,9-4-5-9)8-20-12-15-7-6-10(17)16-12/h6-7,9,14H,3-5,8H2,1-2H3,(H,15,16,17). The number of aromatic amines is 1. The van der Waals surface area contributed by atoms with Crippen molar-refractivity contribution in [3.63, 3.8) is 0 Å². The molecule has 1 aliphatic carbocycles. The predicted octanol–water partition coefficient (Wildman–Crippen LogP) is 0.793. The molecule has 1 saturated carbocycles. The molecular formula is C13H19N3O3S. The lowest BCUT2D eigenvalue weighted by atomic mass is 9.96. The van der Waals surface area contributed by atoms with Crippen molar-refractivity contribution in [2.24, 2.45) is 5.92 Å². The highest BCUT2D eigenvalue weighted by molar-refractivity contribution is 7.99. The fourth-order valence-corrected chi connectivity index (χ4v) is 3.34. The summed E-state index contributed by atoms with van der Waals surface area (Å²) in [7, 11) is 1.77. The van der Waals surface area contributed by atoms with E-state index in [1.54, 1.807) is 14.0 Å². The van der Waals surface area contributed by atoms with E-state index in [-0.39, 0.29) is 17.4 Å². The molecule has 2 rings (SSSR count). The lowest BCUT2D eigenvalue weighted by Gasteiger charge is -2.30. The average molecular weight is 297 g/mol. The maximum atomic E-state index is 12.3. The van der Waals surface area contributed by atoms with E-state index in [0.29, 0.717) is 17.5 Å². The van der Waals surface area contributed by atoms with Crippen molar-refractivity contribution in [2.45, 2.75) is 30.5 Å². The molecular weight excluding hydrogens is 278 g/mol. The monoisotopic (exact) mass is 297 g/mol. The molecule has 6 nitrogen and oxygen atoms in total. The third-order valence-electron chi connectivity index (χ3n) is 3.44. The van der Waals surface area contributed by atoms with E-state index < -0.39 is 5.54 Å². The van der Waals surface area contributed by atoms with Gasteiger partial charge in [0, 0.05) is 18.0 Å². The molecule has 20 heavy (non-hydrogen) atoms. The van der Waals surface area contributed by atoms with Crippen LogP contribution in [-0.2, 0) is 9.53 Å². The Hall–Kier alpha value is -1.34. The van der Waals surface area contributed by atoms with Crippen LogP contribution in [0.4, 0.5) is 0 Å². The second kappa shape index (κ2) is 6.41. The fraction of sp³-hybridized carbons (Fsp3) is 0.615. The van der Waals surface area contributed by atoms with Gasteiger partial charge in [0.05, 0.1) is 6.61 Å². The lowest BCUT2D eigenvalue weighted by molar-refractivity contribution is -0.150. The molecule has 2 N–H and O–H groups in total. The van der Waals surface area contributed by atoms with E-state index >= 15 is 0 Å². The van der Waals surface area contributed by atoms with Gasteiger partial charge in [-0.3, -0.25) is 9.59 Å². The van der Waals surface area contributed by atoms with Crippen molar-refractivity contribution in [1.82, 2.24) is 15.3 Å². The molecule has 0 aliphatic heterocycles. The molecule has 1 aliphatic rings. The normalized spacial score (nSPS) is 17.5. The van der Waals surface area contributed by atoms with Gasteiger partial charge in [-0.15, -0.1) is 0 Å². The first kappa shape index (κ1) is 15.1. The molecule has 0 spiro atoms. The minimum Gasteiger partial charge on any atom is -0.465 e. The van der Waals surface area contributed by atoms with Gasteiger partial charge in [-0.2, -0.15) is 0 Å². The number of likely N-dealkylation sites (N-methyl/N-ethyl adjacent to an activating group) is 1. The Balaban J connectivity index is 2.12. The van der Waals surface area contributed by atoms with Crippen LogP contribution in [0.15, 0.2) is 22.2 Å². The minimum atomic E-state index is -0.699. The van der Waals surface area contributed by atoms with Gasteiger partial charge in [0.15, 0.2) is 5.16 Å². The maximum Gasteiger partial charge on any atom is 0.327 e. The van der Waals surface area contributed by atoms with E-state index in [2.05, 4.69) is 15.3 Å². The maximum absolute atomic E-state index is 12.3. The zero-order chi connectivity index (χ0) is 14.6. The number of nitrogens with zero attached hydrogens (tertiary/aromatic N) is 1. The fourth-order valence-electron chi connectivity index (χ4n) is 2.17. The first-order chi connectivity index (χ1) is 9.62. The first-order valence-electron chi connectivity index (χ1n) is 6.66. The number of nitrogens with one attached hydrogen (secondary N) is 2. The lowest BCUT2D eigenvalue weighted by Crippen LogP contribution is -2.55. The molecule has 110 valence electrons. The van der Waals surface area contributed by atoms with Gasteiger partial charge in [-0.05, 0) is 32.7 Å². The predicted molar refractivity (Wildman–Crippen MR) is 76.7 cm³/mol. The molecule has 1 aromatic rings. The minimum absolute atomic E-state index is 0.194. The summed E-state index contributed by atoms with van der Waals surface area (Å²) >= 11 is 1.36. The van der Waals surface area contributed by atoms with Crippen molar-refractivity contribution < 1.29 is 9.53 Å². The van der Waals surface area contributed by atoms with E-state index in [1.165, 1.54) is 24.0 Å². The second-order valence-corrected chi connectivity index (χ2v) is 5.71. The van der Waals surface area contributed by atoms with E-state index in [9.17, 15) is 9.59 Å². The third kappa shape index (κ3) is 3.21. The number of ether oxygens (including phenoxy) is 1. The number of carbonyl (C=O) groups excluding carboxylic acids is 1. The summed E-state index contributed by atoms with van der Waals surface area (Å²) < 4.78 is 5.20. The molecule has 1 fully saturated rings. The number of rotatable bonds is 7. The zero-order valence-electron chi connectivity index (χ0n) is 11.6. The van der Waals surface area contributed by atoms with Gasteiger partial charge >= 0.3 is 5.97 Å². The second-order valence-electron chi connectivity index (χ2n) is 4.74. The highest BCUT2D eigenvalue weighted by atomic mass is 32.2. The van der Waals surface area contributed by atoms with E-state index in [0.717, 1.165) is 12.8 Å². The van der Waals surface area contributed by atoms with Crippen LogP contribution in [0.5, 0.6) is 0 Å². The topological polar surface area (TPSA) is 84.1 Å². The SMILES string of the molecule is CCOC(=O)C(CSc1nccc(=O)[nH]1)(NC)C1CC1. The number of H-pyrrole nitrogens is 1. The molecule has 1 aromatic heterocycles. The number of thioether (sulfide) groups is 1. The van der Waals surface area contributed by atoms with Crippen molar-refractivity contribution in [3.05, 3.63) is 22.6 Å². The molecule has 1 unspecified atom stereocenters. The van der Waals surface area contributed by atoms with Crippen LogP contribution in [0.1, 0.15) is 19.8 Å². The third-order valence-corrected chi connectivity index (χ3v) is 4.53. The molecule has 0 saturated heterocycles. The van der Waals surface area contributed by atoms with Crippen molar-refractivity contribution in [1.29, 1.82) is 0 Å². The number of aromatic nitrogens is 2. The van der Waals surface area contributed by atoms with Gasteiger partial charge in [0.1, 0.15) is 5.54 Å². The molecule has 1 atom stereocenters. The smallest absolute Gasteiger partial charge is 0.327 e. The van der Waals surface area contributed by atoms with E-state index in [1.807, 2.05) is 0 Å². The van der Waals surface area contributed by atoms with Crippen LogP contribution in [-0.4, -0.2) is 40.9 Å². The summed E-state index contributed by atoms with van der Waals surface area (Å²) in [5, 5.41) is 3.65. The van der Waals surface area contributed by atoms with Crippen molar-refractivity contribution in [3.8, 4) is 0 Å². The number of hydrogen-bond acceptors (Lipinski definition) is 6. The van der Waals surface area contributed by atoms with Crippen LogP contribution in [0.2, 0.25) is 0 Å². The molecule has 0 bridgehead atoms. The van der Waals surface area contributed by atoms with Crippen LogP contribution in [0.25, 0.3) is 0 Å². The number of hydrogen-bond donors (Lipinski definition) is 2. The summed E-state index contributed by atoms with van der Waals surface area (Å²) in [6.45, 7) is 2.16. The van der Waals surface area contributed by atoms with Gasteiger partial charge in [-0.1, -0.05) is 11.8 Å². The van der Waals surface area contributed by atoms with Crippen LogP contribution >= 0.6 is 11.8 Å². The van der Waals surface area contributed by atoms with Crippen LogP contribution in [0, 0.1) is 5.92 Å². The largest absolute Gasteiger partial charge is 0.465 e. The van der Waals surface area contributed by atoms with Crippen molar-refractivity contribution in [2.75, 3.05) is 19.4 Å². The van der Waals surface area contributed by atoms with E-state index in [4.69, 9.17) is 4.74 Å². The molecule has 0 aromatic carbocycles. The molecule has 7 heteroatoms. The Morgan fingerprint density at radius 1 is 1.65 bits per heavy atom. The summed E-state index contributed by atoms with van der Waals surface area (Å²) in [4.78, 5) is 30.3. The Kier molecular flexibility index (Phi) is 4.82. The quantitative estimate of drug-likeness (QED) is 0.440. The molecule has 1 heterocycles. The Bertz CT molecular complexity index is 530. The molecule has 0 radical (unpaired) electrons. The van der Waals surface area contributed by atoms with Crippen LogP contribution in [0.3, 0.4) is 0 Å². The van der Waals surface area contributed by atoms with Gasteiger partial charge in [0.25, 0.3) is 5.56 Å². The summed E-state index contributed by atoms with van der Waals surface area (Å²) in [5.74, 6) is 0.546. The highest BCUT2D eigenvalue weighted by Gasteiger charge is 2.51. The Morgan fingerprint density at radius 2 is 2.40 bits per heavy atom. The number of esters is 1. The Labute approximate surface area is 121 Å². The summed E-state index contributed by atoms with van der Waals surface area (Å²) in [6, 6.07) is 1.36. The van der Waals surface area contributed by atoms with Gasteiger partial charge in [0.2, 0.25) is 0 Å². The summed E-state index contributed by atoms with van der Waals surface area (Å²) in [6.07, 6.45) is 3.49. The average Bonchev–Trinajstić information content (AvgIpc) is 3.25. The zero-order valence-corrected chi connectivity index (χ0v) is 12.5. The van der Waals surface area contributed by atoms with Crippen LogP contribution < -0.4 is 10.9 Å². The Morgan fingerprint density at radius 3 is 2.95 bits per heavy atom. The first-order valence-corrected chi connectivity index (χ1v) is 7.65. The molecule has 0 amide bonds. The summed E-state index contributed by atoms with van der Waals surface area (Å²) in [5.41, 5.74) is -0.894.